The standard InChI is InChI=1S/C23H25ClN2O/c24-21-14-20-19(16-25-22(20)15-23(21)27)8-4-5-11-26-12-9-18(10-13-26)17-6-2-1-3-7-17/h1-3,6-7,9,14-16,25,27H,4-5,8,10-13H2. The lowest BCUT2D eigenvalue weighted by Crippen LogP contribution is -2.29. The quantitative estimate of drug-likeness (QED) is 0.543. The number of nitrogens with zero attached hydrogens (tertiary/aromatic N) is 1. The van der Waals surface area contributed by atoms with Crippen molar-refractivity contribution in [2.75, 3.05) is 19.6 Å². The molecule has 0 saturated heterocycles. The second kappa shape index (κ2) is 8.20. The Morgan fingerprint density at radius 1 is 1.11 bits per heavy atom. The molecule has 2 aromatic carbocycles. The molecule has 0 bridgehead atoms. The molecule has 1 aliphatic rings. The van der Waals surface area contributed by atoms with Gasteiger partial charge in [0, 0.05) is 36.3 Å². The van der Waals surface area contributed by atoms with Gasteiger partial charge < -0.3 is 10.1 Å². The van der Waals surface area contributed by atoms with Crippen molar-refractivity contribution >= 4 is 28.1 Å². The van der Waals surface area contributed by atoms with Crippen LogP contribution in [-0.2, 0) is 6.42 Å². The normalized spacial score (nSPS) is 15.2. The Kier molecular flexibility index (Phi) is 5.51. The Labute approximate surface area is 165 Å². The van der Waals surface area contributed by atoms with E-state index in [2.05, 4.69) is 46.3 Å². The van der Waals surface area contributed by atoms with Crippen LogP contribution in [0.3, 0.4) is 0 Å². The monoisotopic (exact) mass is 380 g/mol. The zero-order chi connectivity index (χ0) is 18.6. The number of fused-ring (bicyclic) bond motifs is 1. The van der Waals surface area contributed by atoms with Gasteiger partial charge in [-0.3, -0.25) is 4.90 Å². The van der Waals surface area contributed by atoms with E-state index in [1.807, 2.05) is 12.3 Å². The van der Waals surface area contributed by atoms with Crippen LogP contribution in [0.1, 0.15) is 30.4 Å². The zero-order valence-electron chi connectivity index (χ0n) is 15.4. The van der Waals surface area contributed by atoms with Gasteiger partial charge in [-0.25, -0.2) is 0 Å². The number of unbranched alkanes of at least 4 members (excludes halogenated alkanes) is 1. The van der Waals surface area contributed by atoms with Gasteiger partial charge in [0.25, 0.3) is 0 Å². The number of aromatic hydroxyl groups is 1. The van der Waals surface area contributed by atoms with E-state index in [4.69, 9.17) is 11.6 Å². The highest BCUT2D eigenvalue weighted by atomic mass is 35.5. The summed E-state index contributed by atoms with van der Waals surface area (Å²) in [6.45, 7) is 3.33. The average Bonchev–Trinajstić information content (AvgIpc) is 3.08. The first-order valence-corrected chi connectivity index (χ1v) is 10.0. The number of aromatic nitrogens is 1. The maximum absolute atomic E-state index is 9.71. The molecule has 0 amide bonds. The number of aryl methyl sites for hydroxylation is 1. The second-order valence-corrected chi connectivity index (χ2v) is 7.67. The predicted molar refractivity (Wildman–Crippen MR) is 113 cm³/mol. The van der Waals surface area contributed by atoms with E-state index in [0.717, 1.165) is 49.8 Å². The van der Waals surface area contributed by atoms with Gasteiger partial charge in [0.15, 0.2) is 0 Å². The highest BCUT2D eigenvalue weighted by molar-refractivity contribution is 6.32. The van der Waals surface area contributed by atoms with Gasteiger partial charge in [0.1, 0.15) is 5.75 Å². The maximum Gasteiger partial charge on any atom is 0.136 e. The van der Waals surface area contributed by atoms with Crippen LogP contribution < -0.4 is 0 Å². The van der Waals surface area contributed by atoms with E-state index in [1.165, 1.54) is 23.1 Å². The number of phenolic OH excluding ortho intramolecular Hbond substituents is 1. The Hall–Kier alpha value is -2.23. The number of hydrogen-bond acceptors (Lipinski definition) is 2. The minimum Gasteiger partial charge on any atom is -0.506 e. The first kappa shape index (κ1) is 18.1. The molecule has 4 heteroatoms. The minimum absolute atomic E-state index is 0.130. The van der Waals surface area contributed by atoms with Crippen molar-refractivity contribution < 1.29 is 5.11 Å². The summed E-state index contributed by atoms with van der Waals surface area (Å²) in [5, 5.41) is 11.2. The third-order valence-corrected chi connectivity index (χ3v) is 5.75. The molecule has 4 rings (SSSR count). The van der Waals surface area contributed by atoms with E-state index in [-0.39, 0.29) is 5.75 Å². The number of aromatic amines is 1. The summed E-state index contributed by atoms with van der Waals surface area (Å²) in [7, 11) is 0. The first-order chi connectivity index (χ1) is 13.2. The van der Waals surface area contributed by atoms with E-state index in [0.29, 0.717) is 5.02 Å². The van der Waals surface area contributed by atoms with Gasteiger partial charge >= 0.3 is 0 Å². The summed E-state index contributed by atoms with van der Waals surface area (Å²) in [6, 6.07) is 14.3. The number of hydrogen-bond donors (Lipinski definition) is 2. The molecule has 0 atom stereocenters. The molecule has 0 unspecified atom stereocenters. The fourth-order valence-electron chi connectivity index (χ4n) is 3.88. The van der Waals surface area contributed by atoms with Gasteiger partial charge in [-0.05, 0) is 55.0 Å². The number of rotatable bonds is 6. The van der Waals surface area contributed by atoms with Crippen LogP contribution in [0.5, 0.6) is 5.75 Å². The molecule has 1 aliphatic heterocycles. The summed E-state index contributed by atoms with van der Waals surface area (Å²) in [6.07, 6.45) is 8.92. The van der Waals surface area contributed by atoms with Crippen molar-refractivity contribution in [1.82, 2.24) is 9.88 Å². The Bertz CT molecular complexity index is 946. The summed E-state index contributed by atoms with van der Waals surface area (Å²) >= 11 is 6.06. The molecule has 0 aliphatic carbocycles. The average molecular weight is 381 g/mol. The molecule has 0 spiro atoms. The summed E-state index contributed by atoms with van der Waals surface area (Å²) in [5.74, 6) is 0.130. The molecule has 27 heavy (non-hydrogen) atoms. The molecule has 3 nitrogen and oxygen atoms in total. The van der Waals surface area contributed by atoms with Crippen LogP contribution in [0.15, 0.2) is 54.7 Å². The van der Waals surface area contributed by atoms with E-state index in [9.17, 15) is 5.11 Å². The number of nitrogens with one attached hydrogen (secondary N) is 1. The van der Waals surface area contributed by atoms with Crippen LogP contribution in [0, 0.1) is 0 Å². The van der Waals surface area contributed by atoms with Crippen LogP contribution >= 0.6 is 11.6 Å². The van der Waals surface area contributed by atoms with Gasteiger partial charge in [0.05, 0.1) is 5.02 Å². The largest absolute Gasteiger partial charge is 0.506 e. The molecule has 0 saturated carbocycles. The molecule has 140 valence electrons. The highest BCUT2D eigenvalue weighted by Crippen LogP contribution is 2.31. The zero-order valence-corrected chi connectivity index (χ0v) is 16.2. The molecule has 2 N–H and O–H groups in total. The molecular weight excluding hydrogens is 356 g/mol. The predicted octanol–water partition coefficient (Wildman–Crippen LogP) is 5.64. The van der Waals surface area contributed by atoms with E-state index < -0.39 is 0 Å². The van der Waals surface area contributed by atoms with Crippen molar-refractivity contribution in [1.29, 1.82) is 0 Å². The maximum atomic E-state index is 9.71. The van der Waals surface area contributed by atoms with E-state index >= 15 is 0 Å². The SMILES string of the molecule is Oc1cc2[nH]cc(CCCCN3CC=C(c4ccccc4)CC3)c2cc1Cl. The third kappa shape index (κ3) is 4.20. The summed E-state index contributed by atoms with van der Waals surface area (Å²) < 4.78 is 0. The highest BCUT2D eigenvalue weighted by Gasteiger charge is 2.13. The van der Waals surface area contributed by atoms with Gasteiger partial charge in [-0.15, -0.1) is 0 Å². The van der Waals surface area contributed by atoms with Crippen molar-refractivity contribution in [2.24, 2.45) is 0 Å². The lowest BCUT2D eigenvalue weighted by atomic mass is 9.99. The van der Waals surface area contributed by atoms with Crippen LogP contribution in [0.25, 0.3) is 16.5 Å². The smallest absolute Gasteiger partial charge is 0.136 e. The Balaban J connectivity index is 1.27. The fourth-order valence-corrected chi connectivity index (χ4v) is 4.04. The number of phenols is 1. The molecule has 3 aromatic rings. The Morgan fingerprint density at radius 2 is 1.96 bits per heavy atom. The van der Waals surface area contributed by atoms with Crippen LogP contribution in [0.4, 0.5) is 0 Å². The number of H-pyrrole nitrogens is 1. The van der Waals surface area contributed by atoms with Crippen molar-refractivity contribution in [3.05, 3.63) is 70.9 Å². The Morgan fingerprint density at radius 3 is 2.74 bits per heavy atom. The van der Waals surface area contributed by atoms with Gasteiger partial charge in [0.2, 0.25) is 0 Å². The molecule has 1 aromatic heterocycles. The van der Waals surface area contributed by atoms with E-state index in [1.54, 1.807) is 6.07 Å². The van der Waals surface area contributed by atoms with Crippen molar-refractivity contribution in [3.8, 4) is 5.75 Å². The minimum atomic E-state index is 0.130. The first-order valence-electron chi connectivity index (χ1n) is 9.66. The van der Waals surface area contributed by atoms with Gasteiger partial charge in [-0.1, -0.05) is 48.0 Å². The second-order valence-electron chi connectivity index (χ2n) is 7.27. The van der Waals surface area contributed by atoms with Crippen LogP contribution in [0.2, 0.25) is 5.02 Å². The number of halogens is 1. The fraction of sp³-hybridized carbons (Fsp3) is 0.304. The van der Waals surface area contributed by atoms with Crippen LogP contribution in [-0.4, -0.2) is 34.6 Å². The lowest BCUT2D eigenvalue weighted by molar-refractivity contribution is 0.295. The molecule has 2 heterocycles. The topological polar surface area (TPSA) is 39.3 Å². The van der Waals surface area contributed by atoms with Gasteiger partial charge in [-0.2, -0.15) is 0 Å². The lowest BCUT2D eigenvalue weighted by Gasteiger charge is -2.26. The molecule has 0 radical (unpaired) electrons. The van der Waals surface area contributed by atoms with Crippen molar-refractivity contribution in [2.45, 2.75) is 25.7 Å². The third-order valence-electron chi connectivity index (χ3n) is 5.44. The number of benzene rings is 2. The summed E-state index contributed by atoms with van der Waals surface area (Å²) in [4.78, 5) is 5.77. The molecule has 0 fully saturated rings. The molecular formula is C23H25ClN2O. The summed E-state index contributed by atoms with van der Waals surface area (Å²) in [5.41, 5.74) is 5.06. The van der Waals surface area contributed by atoms with Crippen molar-refractivity contribution in [3.63, 3.8) is 0 Å².